The van der Waals surface area contributed by atoms with Crippen LogP contribution in [0.25, 0.3) is 0 Å². The van der Waals surface area contributed by atoms with Crippen molar-refractivity contribution in [1.29, 1.82) is 0 Å². The topological polar surface area (TPSA) is 35.6 Å². The first-order chi connectivity index (χ1) is 8.58. The Hall–Kier alpha value is -0.260. The summed E-state index contributed by atoms with van der Waals surface area (Å²) < 4.78 is 0. The minimum atomic E-state index is 0.325. The van der Waals surface area contributed by atoms with Crippen molar-refractivity contribution in [2.24, 2.45) is 5.92 Å². The molecule has 2 rings (SSSR count). The lowest BCUT2D eigenvalue weighted by Crippen LogP contribution is -2.42. The van der Waals surface area contributed by atoms with Gasteiger partial charge in [-0.3, -0.25) is 4.79 Å². The SMILES string of the molecule is CC1CN(C(=O)CC2CSCCN2)CC1N(C)C. The van der Waals surface area contributed by atoms with Crippen LogP contribution in [-0.4, -0.2) is 73.0 Å². The molecule has 5 heteroatoms. The number of nitrogens with one attached hydrogen (secondary N) is 1. The quantitative estimate of drug-likeness (QED) is 0.810. The fourth-order valence-electron chi connectivity index (χ4n) is 2.92. The molecule has 0 aromatic carbocycles. The number of likely N-dealkylation sites (N-methyl/N-ethyl adjacent to an activating group) is 1. The summed E-state index contributed by atoms with van der Waals surface area (Å²) in [5.41, 5.74) is 0. The summed E-state index contributed by atoms with van der Waals surface area (Å²) in [5, 5.41) is 3.44. The van der Waals surface area contributed by atoms with Crippen LogP contribution in [-0.2, 0) is 4.79 Å². The Bertz CT molecular complexity index is 292. The Kier molecular flexibility index (Phi) is 4.92. The number of likely N-dealkylation sites (tertiary alicyclic amines) is 1. The molecular weight excluding hydrogens is 246 g/mol. The highest BCUT2D eigenvalue weighted by Gasteiger charge is 2.34. The zero-order valence-electron chi connectivity index (χ0n) is 11.7. The van der Waals surface area contributed by atoms with Crippen LogP contribution in [0.1, 0.15) is 13.3 Å². The van der Waals surface area contributed by atoms with Gasteiger partial charge in [0.1, 0.15) is 0 Å². The van der Waals surface area contributed by atoms with Crippen molar-refractivity contribution in [2.75, 3.05) is 45.2 Å². The summed E-state index contributed by atoms with van der Waals surface area (Å²) in [5.74, 6) is 3.16. The molecule has 4 nitrogen and oxygen atoms in total. The lowest BCUT2D eigenvalue weighted by Gasteiger charge is -2.25. The first-order valence-electron chi connectivity index (χ1n) is 6.83. The summed E-state index contributed by atoms with van der Waals surface area (Å²) in [6.45, 7) is 5.10. The standard InChI is InChI=1S/C13H25N3OS/c1-10-7-16(8-12(10)15(2)3)13(17)6-11-9-18-5-4-14-11/h10-12,14H,4-9H2,1-3H3. The minimum Gasteiger partial charge on any atom is -0.341 e. The van der Waals surface area contributed by atoms with E-state index in [0.717, 1.165) is 25.4 Å². The van der Waals surface area contributed by atoms with Crippen molar-refractivity contribution in [3.63, 3.8) is 0 Å². The van der Waals surface area contributed by atoms with E-state index in [4.69, 9.17) is 0 Å². The van der Waals surface area contributed by atoms with Crippen molar-refractivity contribution in [2.45, 2.75) is 25.4 Å². The molecular formula is C13H25N3OS. The lowest BCUT2D eigenvalue weighted by molar-refractivity contribution is -0.130. The van der Waals surface area contributed by atoms with Gasteiger partial charge in [-0.1, -0.05) is 6.92 Å². The molecule has 2 fully saturated rings. The van der Waals surface area contributed by atoms with Gasteiger partial charge in [-0.05, 0) is 20.0 Å². The predicted octanol–water partition coefficient (Wildman–Crippen LogP) is 0.490. The highest BCUT2D eigenvalue weighted by molar-refractivity contribution is 7.99. The highest BCUT2D eigenvalue weighted by Crippen LogP contribution is 2.21. The van der Waals surface area contributed by atoms with Crippen molar-refractivity contribution in [3.05, 3.63) is 0 Å². The Morgan fingerprint density at radius 1 is 1.44 bits per heavy atom. The molecule has 0 radical (unpaired) electrons. The molecule has 2 saturated heterocycles. The van der Waals surface area contributed by atoms with Gasteiger partial charge < -0.3 is 15.1 Å². The summed E-state index contributed by atoms with van der Waals surface area (Å²) in [6, 6.07) is 0.896. The summed E-state index contributed by atoms with van der Waals surface area (Å²) in [7, 11) is 4.21. The molecule has 0 spiro atoms. The van der Waals surface area contributed by atoms with Gasteiger partial charge in [0.05, 0.1) is 0 Å². The third kappa shape index (κ3) is 3.39. The van der Waals surface area contributed by atoms with Gasteiger partial charge in [0.15, 0.2) is 0 Å². The number of thioether (sulfide) groups is 1. The maximum absolute atomic E-state index is 12.3. The maximum Gasteiger partial charge on any atom is 0.224 e. The molecule has 0 aromatic heterocycles. The van der Waals surface area contributed by atoms with Gasteiger partial charge in [-0.2, -0.15) is 11.8 Å². The minimum absolute atomic E-state index is 0.325. The van der Waals surface area contributed by atoms with Crippen molar-refractivity contribution >= 4 is 17.7 Å². The molecule has 1 amide bonds. The first-order valence-corrected chi connectivity index (χ1v) is 7.98. The number of nitrogens with zero attached hydrogens (tertiary/aromatic N) is 2. The molecule has 2 heterocycles. The fraction of sp³-hybridized carbons (Fsp3) is 0.923. The second-order valence-electron chi connectivity index (χ2n) is 5.74. The average molecular weight is 271 g/mol. The van der Waals surface area contributed by atoms with Gasteiger partial charge in [0.25, 0.3) is 0 Å². The monoisotopic (exact) mass is 271 g/mol. The van der Waals surface area contributed by atoms with Crippen LogP contribution < -0.4 is 5.32 Å². The van der Waals surface area contributed by atoms with E-state index in [0.29, 0.717) is 30.3 Å². The molecule has 3 atom stereocenters. The summed E-state index contributed by atoms with van der Waals surface area (Å²) in [4.78, 5) is 16.6. The third-order valence-electron chi connectivity index (χ3n) is 4.01. The van der Waals surface area contributed by atoms with E-state index in [1.807, 2.05) is 11.8 Å². The Labute approximate surface area is 114 Å². The van der Waals surface area contributed by atoms with Gasteiger partial charge in [-0.15, -0.1) is 0 Å². The van der Waals surface area contributed by atoms with Crippen LogP contribution in [0.3, 0.4) is 0 Å². The van der Waals surface area contributed by atoms with Gasteiger partial charge >= 0.3 is 0 Å². The van der Waals surface area contributed by atoms with Crippen molar-refractivity contribution < 1.29 is 4.79 Å². The van der Waals surface area contributed by atoms with E-state index >= 15 is 0 Å². The molecule has 2 aliphatic rings. The van der Waals surface area contributed by atoms with Crippen LogP contribution in [0.4, 0.5) is 0 Å². The third-order valence-corrected chi connectivity index (χ3v) is 5.14. The molecule has 0 saturated carbocycles. The predicted molar refractivity (Wildman–Crippen MR) is 77.0 cm³/mol. The molecule has 1 N–H and O–H groups in total. The smallest absolute Gasteiger partial charge is 0.224 e. The molecule has 0 aliphatic carbocycles. The summed E-state index contributed by atoms with van der Waals surface area (Å²) in [6.07, 6.45) is 0.667. The number of rotatable bonds is 3. The van der Waals surface area contributed by atoms with Crippen LogP contribution in [0, 0.1) is 5.92 Å². The van der Waals surface area contributed by atoms with E-state index in [-0.39, 0.29) is 0 Å². The zero-order chi connectivity index (χ0) is 13.1. The molecule has 0 bridgehead atoms. The second-order valence-corrected chi connectivity index (χ2v) is 6.89. The fourth-order valence-corrected chi connectivity index (χ4v) is 3.87. The Morgan fingerprint density at radius 2 is 2.22 bits per heavy atom. The molecule has 18 heavy (non-hydrogen) atoms. The number of hydrogen-bond donors (Lipinski definition) is 1. The molecule has 104 valence electrons. The van der Waals surface area contributed by atoms with Crippen LogP contribution >= 0.6 is 11.8 Å². The van der Waals surface area contributed by atoms with Crippen LogP contribution in [0.2, 0.25) is 0 Å². The van der Waals surface area contributed by atoms with E-state index in [9.17, 15) is 4.79 Å². The van der Waals surface area contributed by atoms with E-state index in [2.05, 4.69) is 36.1 Å². The van der Waals surface area contributed by atoms with E-state index < -0.39 is 0 Å². The second kappa shape index (κ2) is 6.26. The van der Waals surface area contributed by atoms with E-state index in [1.165, 1.54) is 5.75 Å². The molecule has 3 unspecified atom stereocenters. The number of carbonyl (C=O) groups is 1. The number of carbonyl (C=O) groups excluding carboxylic acids is 1. The van der Waals surface area contributed by atoms with E-state index in [1.54, 1.807) is 0 Å². The Balaban J connectivity index is 1.82. The normalized spacial score (nSPS) is 33.1. The number of hydrogen-bond acceptors (Lipinski definition) is 4. The lowest BCUT2D eigenvalue weighted by atomic mass is 10.1. The van der Waals surface area contributed by atoms with Gasteiger partial charge in [0, 0.05) is 49.6 Å². The molecule has 2 aliphatic heterocycles. The maximum atomic E-state index is 12.3. The number of amides is 1. The van der Waals surface area contributed by atoms with Gasteiger partial charge in [-0.25, -0.2) is 0 Å². The first kappa shape index (κ1) is 14.2. The molecule has 0 aromatic rings. The largest absolute Gasteiger partial charge is 0.341 e. The van der Waals surface area contributed by atoms with Gasteiger partial charge in [0.2, 0.25) is 5.91 Å². The van der Waals surface area contributed by atoms with Crippen LogP contribution in [0.5, 0.6) is 0 Å². The summed E-state index contributed by atoms with van der Waals surface area (Å²) >= 11 is 1.95. The van der Waals surface area contributed by atoms with Crippen molar-refractivity contribution in [3.8, 4) is 0 Å². The average Bonchev–Trinajstić information content (AvgIpc) is 2.73. The Morgan fingerprint density at radius 3 is 2.78 bits per heavy atom. The zero-order valence-corrected chi connectivity index (χ0v) is 12.5. The van der Waals surface area contributed by atoms with Crippen LogP contribution in [0.15, 0.2) is 0 Å². The highest BCUT2D eigenvalue weighted by atomic mass is 32.2. The van der Waals surface area contributed by atoms with Crippen molar-refractivity contribution in [1.82, 2.24) is 15.1 Å².